The molecule has 0 aliphatic rings. The van der Waals surface area contributed by atoms with Gasteiger partial charge >= 0.3 is 17.9 Å². The van der Waals surface area contributed by atoms with Crippen LogP contribution in [0.3, 0.4) is 0 Å². The highest BCUT2D eigenvalue weighted by molar-refractivity contribution is 5.71. The number of ether oxygens (including phenoxy) is 3. The van der Waals surface area contributed by atoms with Crippen molar-refractivity contribution < 1.29 is 28.6 Å². The van der Waals surface area contributed by atoms with Crippen LogP contribution in [0, 0.1) is 0 Å². The summed E-state index contributed by atoms with van der Waals surface area (Å²) in [6.07, 6.45) is 83.0. The number of carbonyl (C=O) groups excluding carboxylic acids is 3. The van der Waals surface area contributed by atoms with E-state index in [-0.39, 0.29) is 31.1 Å². The fourth-order valence-electron chi connectivity index (χ4n) is 7.74. The zero-order chi connectivity index (χ0) is 52.2. The molecule has 0 bridgehead atoms. The lowest BCUT2D eigenvalue weighted by molar-refractivity contribution is -0.167. The molecule has 6 heteroatoms. The summed E-state index contributed by atoms with van der Waals surface area (Å²) in [4.78, 5) is 38.2. The number of allylic oxidation sites excluding steroid dienone is 22. The predicted octanol–water partition coefficient (Wildman–Crippen LogP) is 19.8. The maximum absolute atomic E-state index is 12.9. The van der Waals surface area contributed by atoms with Gasteiger partial charge < -0.3 is 14.2 Å². The molecular weight excluding hydrogens is 889 g/mol. The third-order valence-electron chi connectivity index (χ3n) is 12.1. The van der Waals surface area contributed by atoms with Gasteiger partial charge in [-0.25, -0.2) is 0 Å². The molecule has 6 nitrogen and oxygen atoms in total. The first-order valence-corrected chi connectivity index (χ1v) is 29.3. The summed E-state index contributed by atoms with van der Waals surface area (Å²) in [5.41, 5.74) is 0. The van der Waals surface area contributed by atoms with Crippen molar-refractivity contribution in [3.8, 4) is 0 Å². The van der Waals surface area contributed by atoms with Gasteiger partial charge in [0.2, 0.25) is 0 Å². The van der Waals surface area contributed by atoms with E-state index in [1.807, 2.05) is 60.8 Å². The van der Waals surface area contributed by atoms with E-state index in [9.17, 15) is 14.4 Å². The first-order valence-electron chi connectivity index (χ1n) is 29.3. The van der Waals surface area contributed by atoms with Crippen LogP contribution in [0.2, 0.25) is 0 Å². The van der Waals surface area contributed by atoms with E-state index >= 15 is 0 Å². The summed E-state index contributed by atoms with van der Waals surface area (Å²) in [6.45, 7) is 6.32. The van der Waals surface area contributed by atoms with Crippen LogP contribution in [0.15, 0.2) is 134 Å². The van der Waals surface area contributed by atoms with Crippen molar-refractivity contribution in [2.75, 3.05) is 13.2 Å². The zero-order valence-corrected chi connectivity index (χ0v) is 46.4. The maximum Gasteiger partial charge on any atom is 0.306 e. The van der Waals surface area contributed by atoms with Gasteiger partial charge in [0.15, 0.2) is 6.10 Å². The quantitative estimate of drug-likeness (QED) is 0.0199. The Kier molecular flexibility index (Phi) is 55.5. The van der Waals surface area contributed by atoms with Gasteiger partial charge in [0, 0.05) is 19.3 Å². The van der Waals surface area contributed by atoms with Crippen LogP contribution >= 0.6 is 0 Å². The number of esters is 3. The Balaban J connectivity index is 4.54. The van der Waals surface area contributed by atoms with Crippen LogP contribution in [0.1, 0.15) is 245 Å². The fraction of sp³-hybridized carbons (Fsp3) is 0.621. The molecule has 1 unspecified atom stereocenters. The first-order chi connectivity index (χ1) is 35.5. The molecule has 0 aliphatic carbocycles. The van der Waals surface area contributed by atoms with E-state index in [2.05, 4.69) is 93.7 Å². The topological polar surface area (TPSA) is 78.9 Å². The van der Waals surface area contributed by atoms with Crippen LogP contribution in [-0.2, 0) is 28.6 Å². The molecule has 0 heterocycles. The Hall–Kier alpha value is -4.45. The molecule has 0 spiro atoms. The molecular formula is C66H106O6. The third kappa shape index (κ3) is 56.5. The van der Waals surface area contributed by atoms with Crippen molar-refractivity contribution >= 4 is 17.9 Å². The Labute approximate surface area is 443 Å². The molecule has 406 valence electrons. The minimum Gasteiger partial charge on any atom is -0.462 e. The summed E-state index contributed by atoms with van der Waals surface area (Å²) in [6, 6.07) is 0. The van der Waals surface area contributed by atoms with Crippen LogP contribution < -0.4 is 0 Å². The Morgan fingerprint density at radius 3 is 1.01 bits per heavy atom. The Morgan fingerprint density at radius 1 is 0.306 bits per heavy atom. The first kappa shape index (κ1) is 67.5. The van der Waals surface area contributed by atoms with Gasteiger partial charge in [-0.15, -0.1) is 0 Å². The summed E-state index contributed by atoms with van der Waals surface area (Å²) < 4.78 is 16.8. The Morgan fingerprint density at radius 2 is 0.611 bits per heavy atom. The van der Waals surface area contributed by atoms with E-state index in [0.717, 1.165) is 109 Å². The molecule has 0 fully saturated rings. The lowest BCUT2D eigenvalue weighted by atomic mass is 10.0. The standard InChI is InChI=1S/C66H106O6/c1-4-7-10-13-16-19-22-25-28-31-33-36-38-41-44-47-50-53-56-59-65(68)71-62-63(61-70-64(67)58-55-52-49-46-43-40-37-34-30-27-24-21-18-15-12-9-6-3)72-66(69)60-57-54-51-48-45-42-39-35-32-29-26-23-20-17-14-11-8-5-2/h7,9-10,12,15-16,18-19,21,24-25,27-28,30,33-34,36-37,40-41,43-44,63H,4-6,8,11,13-14,17,20,22-23,26,29,31-32,35,38-39,42,45-62H2,1-3H3/b10-7-,12-9-,18-15-,19-16-,24-21-,28-25-,30-27-,36-33-,37-34+,43-40-,44-41-. The molecule has 0 rings (SSSR count). The van der Waals surface area contributed by atoms with Crippen molar-refractivity contribution in [1.82, 2.24) is 0 Å². The van der Waals surface area contributed by atoms with Crippen LogP contribution in [0.25, 0.3) is 0 Å². The summed E-state index contributed by atoms with van der Waals surface area (Å²) in [7, 11) is 0. The van der Waals surface area contributed by atoms with Crippen molar-refractivity contribution in [2.24, 2.45) is 0 Å². The largest absolute Gasteiger partial charge is 0.462 e. The molecule has 0 aliphatic heterocycles. The second-order valence-corrected chi connectivity index (χ2v) is 18.9. The number of hydrogen-bond acceptors (Lipinski definition) is 6. The summed E-state index contributed by atoms with van der Waals surface area (Å²) in [5.74, 6) is -0.985. The second-order valence-electron chi connectivity index (χ2n) is 18.9. The van der Waals surface area contributed by atoms with Crippen molar-refractivity contribution in [3.05, 3.63) is 134 Å². The minimum absolute atomic E-state index is 0.113. The molecule has 72 heavy (non-hydrogen) atoms. The van der Waals surface area contributed by atoms with Gasteiger partial charge in [0.1, 0.15) is 13.2 Å². The summed E-state index contributed by atoms with van der Waals surface area (Å²) in [5, 5.41) is 0. The second kappa shape index (κ2) is 59.1. The van der Waals surface area contributed by atoms with Crippen LogP contribution in [0.5, 0.6) is 0 Å². The number of rotatable bonds is 51. The normalized spacial score (nSPS) is 13.1. The lowest BCUT2D eigenvalue weighted by Crippen LogP contribution is -2.30. The van der Waals surface area contributed by atoms with E-state index in [1.54, 1.807) is 0 Å². The average Bonchev–Trinajstić information content (AvgIpc) is 3.38. The molecule has 0 aromatic rings. The van der Waals surface area contributed by atoms with E-state index in [0.29, 0.717) is 19.3 Å². The predicted molar refractivity (Wildman–Crippen MR) is 311 cm³/mol. The summed E-state index contributed by atoms with van der Waals surface area (Å²) >= 11 is 0. The monoisotopic (exact) mass is 995 g/mol. The fourth-order valence-corrected chi connectivity index (χ4v) is 7.74. The van der Waals surface area contributed by atoms with Gasteiger partial charge in [-0.1, -0.05) is 276 Å². The SMILES string of the molecule is CC\C=C/C=C\C=C/C=C\C=C\C=C/CCCCCC(=O)OCC(COC(=O)CCCCC/C=C\C/C=C\C/C=C\C/C=C\C/C=C\CC)OC(=O)CCCCCCCCCCCCCCCCCCCC. The molecule has 1 atom stereocenters. The van der Waals surface area contributed by atoms with Crippen LogP contribution in [-0.4, -0.2) is 37.2 Å². The minimum atomic E-state index is -0.815. The van der Waals surface area contributed by atoms with Gasteiger partial charge in [-0.3, -0.25) is 14.4 Å². The molecule has 0 saturated heterocycles. The van der Waals surface area contributed by atoms with Crippen molar-refractivity contribution in [3.63, 3.8) is 0 Å². The molecule has 0 radical (unpaired) electrons. The highest BCUT2D eigenvalue weighted by Crippen LogP contribution is 2.16. The average molecular weight is 996 g/mol. The van der Waals surface area contributed by atoms with Gasteiger partial charge in [-0.05, 0) is 83.5 Å². The lowest BCUT2D eigenvalue weighted by Gasteiger charge is -2.18. The van der Waals surface area contributed by atoms with E-state index in [1.165, 1.54) is 96.3 Å². The van der Waals surface area contributed by atoms with E-state index in [4.69, 9.17) is 14.2 Å². The van der Waals surface area contributed by atoms with Gasteiger partial charge in [0.25, 0.3) is 0 Å². The zero-order valence-electron chi connectivity index (χ0n) is 46.4. The smallest absolute Gasteiger partial charge is 0.306 e. The Bertz CT molecular complexity index is 1560. The highest BCUT2D eigenvalue weighted by Gasteiger charge is 2.19. The van der Waals surface area contributed by atoms with Crippen LogP contribution in [0.4, 0.5) is 0 Å². The number of unbranched alkanes of at least 4 members (excludes halogenated alkanes) is 23. The molecule has 0 N–H and O–H groups in total. The number of carbonyl (C=O) groups is 3. The highest BCUT2D eigenvalue weighted by atomic mass is 16.6. The van der Waals surface area contributed by atoms with Crippen molar-refractivity contribution in [1.29, 1.82) is 0 Å². The van der Waals surface area contributed by atoms with Gasteiger partial charge in [-0.2, -0.15) is 0 Å². The maximum atomic E-state index is 12.9. The molecule has 0 saturated carbocycles. The van der Waals surface area contributed by atoms with Gasteiger partial charge in [0.05, 0.1) is 0 Å². The number of hydrogen-bond donors (Lipinski definition) is 0. The van der Waals surface area contributed by atoms with E-state index < -0.39 is 6.10 Å². The molecule has 0 aromatic heterocycles. The third-order valence-corrected chi connectivity index (χ3v) is 12.1. The molecule has 0 aromatic carbocycles. The molecule has 0 amide bonds. The van der Waals surface area contributed by atoms with Crippen molar-refractivity contribution in [2.45, 2.75) is 252 Å².